The van der Waals surface area contributed by atoms with Gasteiger partial charge in [-0.15, -0.1) is 0 Å². The Balaban J connectivity index is 1.42. The Morgan fingerprint density at radius 3 is 1.68 bits per heavy atom. The van der Waals surface area contributed by atoms with Crippen molar-refractivity contribution in [1.29, 1.82) is 0 Å². The first kappa shape index (κ1) is 36.2. The number of carbonyl (C=O) groups excluding carboxylic acids is 2. The molecule has 4 aromatic rings. The van der Waals surface area contributed by atoms with Crippen LogP contribution in [0.15, 0.2) is 97.1 Å². The third kappa shape index (κ3) is 6.48. The van der Waals surface area contributed by atoms with Crippen LogP contribution < -0.4 is 18.9 Å². The van der Waals surface area contributed by atoms with Crippen molar-refractivity contribution in [3.8, 4) is 23.0 Å². The average Bonchev–Trinajstić information content (AvgIpc) is 3.09. The summed E-state index contributed by atoms with van der Waals surface area (Å²) in [5, 5.41) is 0. The van der Waals surface area contributed by atoms with E-state index < -0.39 is 52.5 Å². The van der Waals surface area contributed by atoms with Gasteiger partial charge in [0.05, 0.1) is 13.7 Å². The molecule has 0 bridgehead atoms. The molecule has 50 heavy (non-hydrogen) atoms. The minimum Gasteiger partial charge on any atom is -0.497 e. The Labute approximate surface area is 282 Å². The number of halogens is 6. The van der Waals surface area contributed by atoms with Gasteiger partial charge in [-0.2, -0.15) is 26.3 Å². The average molecular weight is 705 g/mol. The number of hydrogen-bond donors (Lipinski definition) is 0. The molecule has 3 atom stereocenters. The lowest BCUT2D eigenvalue weighted by Gasteiger charge is -2.33. The largest absolute Gasteiger partial charge is 0.497 e. The third-order valence-electron chi connectivity index (χ3n) is 8.37. The van der Waals surface area contributed by atoms with E-state index >= 15 is 0 Å². The molecule has 264 valence electrons. The van der Waals surface area contributed by atoms with E-state index in [4.69, 9.17) is 28.4 Å². The van der Waals surface area contributed by atoms with Gasteiger partial charge in [0.1, 0.15) is 23.0 Å². The van der Waals surface area contributed by atoms with E-state index in [1.54, 1.807) is 0 Å². The molecule has 0 amide bonds. The molecule has 5 rings (SSSR count). The molecule has 1 aliphatic rings. The first-order valence-electron chi connectivity index (χ1n) is 14.9. The van der Waals surface area contributed by atoms with Gasteiger partial charge in [0, 0.05) is 49.0 Å². The van der Waals surface area contributed by atoms with E-state index in [1.807, 2.05) is 0 Å². The fourth-order valence-electron chi connectivity index (χ4n) is 5.81. The second kappa shape index (κ2) is 14.0. The Hall–Kier alpha value is -5.08. The van der Waals surface area contributed by atoms with Gasteiger partial charge in [-0.25, -0.2) is 9.59 Å². The molecular weight excluding hydrogens is 674 g/mol. The van der Waals surface area contributed by atoms with Crippen LogP contribution in [0.25, 0.3) is 0 Å². The van der Waals surface area contributed by atoms with Crippen molar-refractivity contribution in [2.75, 3.05) is 27.9 Å². The first-order chi connectivity index (χ1) is 23.7. The molecule has 0 saturated carbocycles. The van der Waals surface area contributed by atoms with Crippen LogP contribution in [0.3, 0.4) is 0 Å². The molecule has 0 aliphatic carbocycles. The Morgan fingerprint density at radius 1 is 0.660 bits per heavy atom. The number of benzene rings is 4. The van der Waals surface area contributed by atoms with Crippen molar-refractivity contribution in [2.45, 2.75) is 35.9 Å². The van der Waals surface area contributed by atoms with Gasteiger partial charge in [-0.05, 0) is 24.1 Å². The van der Waals surface area contributed by atoms with Crippen LogP contribution in [0, 0.1) is 0 Å². The summed E-state index contributed by atoms with van der Waals surface area (Å²) in [6.45, 7) is -0.0940. The zero-order valence-corrected chi connectivity index (χ0v) is 26.8. The minimum atomic E-state index is -5.21. The molecule has 4 aromatic carbocycles. The SMILES string of the molecule is COc1ccc([C@H]2COc3cc(OC(=O)[C@](OC)(c4ccccc4)C(F)(F)F)ccc3C2)c(OC(=O)[C@](OC)(c2ccccc2)C(F)(F)F)c1. The predicted octanol–water partition coefficient (Wildman–Crippen LogP) is 7.43. The van der Waals surface area contributed by atoms with Crippen LogP contribution >= 0.6 is 0 Å². The normalized spacial score (nSPS) is 16.9. The van der Waals surface area contributed by atoms with Crippen molar-refractivity contribution in [1.82, 2.24) is 0 Å². The second-order valence-electron chi connectivity index (χ2n) is 11.2. The Kier molecular flexibility index (Phi) is 10.2. The van der Waals surface area contributed by atoms with Gasteiger partial charge in [0.25, 0.3) is 11.2 Å². The quantitative estimate of drug-likeness (QED) is 0.0957. The maximum Gasteiger partial charge on any atom is 0.432 e. The molecule has 1 aliphatic heterocycles. The molecule has 0 unspecified atom stereocenters. The van der Waals surface area contributed by atoms with Crippen LogP contribution in [0.4, 0.5) is 26.3 Å². The van der Waals surface area contributed by atoms with Crippen LogP contribution in [-0.2, 0) is 36.7 Å². The Bertz CT molecular complexity index is 1830. The van der Waals surface area contributed by atoms with Crippen molar-refractivity contribution in [3.05, 3.63) is 119 Å². The number of fused-ring (bicyclic) bond motifs is 1. The van der Waals surface area contributed by atoms with Gasteiger partial charge in [-0.3, -0.25) is 0 Å². The lowest BCUT2D eigenvalue weighted by Crippen LogP contribution is -2.52. The van der Waals surface area contributed by atoms with E-state index in [2.05, 4.69) is 0 Å². The third-order valence-corrected chi connectivity index (χ3v) is 8.37. The van der Waals surface area contributed by atoms with E-state index in [1.165, 1.54) is 79.9 Å². The molecule has 0 spiro atoms. The molecule has 0 saturated heterocycles. The summed E-state index contributed by atoms with van der Waals surface area (Å²) < 4.78 is 118. The maximum absolute atomic E-state index is 14.6. The first-order valence-corrected chi connectivity index (χ1v) is 14.9. The van der Waals surface area contributed by atoms with Crippen LogP contribution in [0.2, 0.25) is 0 Å². The smallest absolute Gasteiger partial charge is 0.432 e. The van der Waals surface area contributed by atoms with Crippen LogP contribution in [0.1, 0.15) is 28.2 Å². The highest BCUT2D eigenvalue weighted by Crippen LogP contribution is 2.46. The molecule has 0 fully saturated rings. The van der Waals surface area contributed by atoms with Gasteiger partial charge in [-0.1, -0.05) is 72.8 Å². The number of esters is 2. The number of hydrogen-bond acceptors (Lipinski definition) is 8. The topological polar surface area (TPSA) is 89.5 Å². The minimum absolute atomic E-state index is 0.0940. The van der Waals surface area contributed by atoms with E-state index in [0.717, 1.165) is 38.5 Å². The number of rotatable bonds is 10. The highest BCUT2D eigenvalue weighted by atomic mass is 19.4. The fraction of sp³-hybridized carbons (Fsp3) is 0.278. The van der Waals surface area contributed by atoms with E-state index in [0.29, 0.717) is 11.1 Å². The molecule has 0 N–H and O–H groups in total. The number of ether oxygens (including phenoxy) is 6. The van der Waals surface area contributed by atoms with Crippen LogP contribution in [-0.4, -0.2) is 52.2 Å². The Morgan fingerprint density at radius 2 is 1.18 bits per heavy atom. The summed E-state index contributed by atoms with van der Waals surface area (Å²) in [7, 11) is 2.84. The summed E-state index contributed by atoms with van der Waals surface area (Å²) >= 11 is 0. The molecule has 0 aromatic heterocycles. The summed E-state index contributed by atoms with van der Waals surface area (Å²) in [4.78, 5) is 26.6. The number of methoxy groups -OCH3 is 3. The second-order valence-corrected chi connectivity index (χ2v) is 11.2. The summed E-state index contributed by atoms with van der Waals surface area (Å²) in [5.74, 6) is -4.14. The zero-order chi connectivity index (χ0) is 36.3. The fourth-order valence-corrected chi connectivity index (χ4v) is 5.81. The summed E-state index contributed by atoms with van der Waals surface area (Å²) in [6.07, 6.45) is -10.2. The zero-order valence-electron chi connectivity index (χ0n) is 26.8. The number of carbonyl (C=O) groups is 2. The molecule has 1 heterocycles. The lowest BCUT2D eigenvalue weighted by molar-refractivity contribution is -0.273. The highest BCUT2D eigenvalue weighted by Gasteiger charge is 2.65. The number of alkyl halides is 6. The van der Waals surface area contributed by atoms with Crippen LogP contribution in [0.5, 0.6) is 23.0 Å². The molecule has 14 heteroatoms. The summed E-state index contributed by atoms with van der Waals surface area (Å²) in [5.41, 5.74) is -7.00. The van der Waals surface area contributed by atoms with Crippen molar-refractivity contribution in [3.63, 3.8) is 0 Å². The monoisotopic (exact) mass is 704 g/mol. The molecular formula is C36H30F6O8. The molecule has 8 nitrogen and oxygen atoms in total. The van der Waals surface area contributed by atoms with Gasteiger partial charge < -0.3 is 28.4 Å². The van der Waals surface area contributed by atoms with E-state index in [-0.39, 0.29) is 36.0 Å². The van der Waals surface area contributed by atoms with Gasteiger partial charge in [0.2, 0.25) is 0 Å². The van der Waals surface area contributed by atoms with E-state index in [9.17, 15) is 35.9 Å². The highest BCUT2D eigenvalue weighted by molar-refractivity contribution is 5.85. The lowest BCUT2D eigenvalue weighted by atomic mass is 9.89. The summed E-state index contributed by atoms with van der Waals surface area (Å²) in [6, 6.07) is 21.0. The maximum atomic E-state index is 14.6. The van der Waals surface area contributed by atoms with Crippen molar-refractivity contribution >= 4 is 11.9 Å². The van der Waals surface area contributed by atoms with Gasteiger partial charge in [0.15, 0.2) is 0 Å². The van der Waals surface area contributed by atoms with Crippen molar-refractivity contribution < 1.29 is 64.4 Å². The predicted molar refractivity (Wildman–Crippen MR) is 165 cm³/mol. The molecule has 0 radical (unpaired) electrons. The van der Waals surface area contributed by atoms with Crippen molar-refractivity contribution in [2.24, 2.45) is 0 Å². The van der Waals surface area contributed by atoms with Gasteiger partial charge >= 0.3 is 24.3 Å². The standard InChI is InChI=1S/C36H30F6O8/c1-45-26-16-17-28(30(19-26)50-32(44)34(47-3,36(40,41)42)25-12-8-5-9-13-25)23-18-22-14-15-27(20-29(22)48-21-23)49-31(43)33(46-2,35(37,38)39)24-10-6-4-7-11-24/h4-17,19-20,23H,18,21H2,1-3H3/t23-,33-,34-/m1/s1.